The van der Waals surface area contributed by atoms with Gasteiger partial charge in [0.2, 0.25) is 5.91 Å². The predicted molar refractivity (Wildman–Crippen MR) is 111 cm³/mol. The SMILES string of the molecule is CCS(=O)(=O)c1ccc(C(CC2CCOCC2)C(=O)NC2=NC(C)NS2)cc1. The summed E-state index contributed by atoms with van der Waals surface area (Å²) in [5.41, 5.74) is 0.823. The van der Waals surface area contributed by atoms with Crippen LogP contribution in [-0.4, -0.2) is 44.6 Å². The number of amides is 1. The molecule has 7 nitrogen and oxygen atoms in total. The van der Waals surface area contributed by atoms with E-state index in [1.807, 2.05) is 6.92 Å². The van der Waals surface area contributed by atoms with Gasteiger partial charge < -0.3 is 10.1 Å². The van der Waals surface area contributed by atoms with Crippen LogP contribution in [0.5, 0.6) is 0 Å². The molecule has 2 heterocycles. The maximum Gasteiger partial charge on any atom is 0.233 e. The molecule has 3 rings (SSSR count). The van der Waals surface area contributed by atoms with Crippen LogP contribution in [0.25, 0.3) is 0 Å². The van der Waals surface area contributed by atoms with Gasteiger partial charge in [-0.15, -0.1) is 0 Å². The molecule has 1 saturated heterocycles. The summed E-state index contributed by atoms with van der Waals surface area (Å²) in [5, 5.41) is 3.48. The van der Waals surface area contributed by atoms with Crippen LogP contribution in [0.15, 0.2) is 34.2 Å². The van der Waals surface area contributed by atoms with Crippen LogP contribution < -0.4 is 10.0 Å². The molecule has 2 aliphatic rings. The van der Waals surface area contributed by atoms with E-state index in [2.05, 4.69) is 15.0 Å². The highest BCUT2D eigenvalue weighted by atomic mass is 32.2. The molecule has 0 saturated carbocycles. The van der Waals surface area contributed by atoms with Crippen LogP contribution >= 0.6 is 11.9 Å². The van der Waals surface area contributed by atoms with Crippen molar-refractivity contribution in [2.45, 2.75) is 50.1 Å². The van der Waals surface area contributed by atoms with Gasteiger partial charge in [-0.05, 0) is 61.7 Å². The fraction of sp³-hybridized carbons (Fsp3) is 0.579. The maximum atomic E-state index is 13.0. The zero-order chi connectivity index (χ0) is 20.1. The van der Waals surface area contributed by atoms with Gasteiger partial charge in [-0.25, -0.2) is 18.1 Å². The van der Waals surface area contributed by atoms with E-state index in [0.29, 0.717) is 17.5 Å². The lowest BCUT2D eigenvalue weighted by molar-refractivity contribution is -0.121. The summed E-state index contributed by atoms with van der Waals surface area (Å²) in [6.07, 6.45) is 2.53. The molecule has 0 spiro atoms. The van der Waals surface area contributed by atoms with E-state index >= 15 is 0 Å². The van der Waals surface area contributed by atoms with Crippen LogP contribution in [0.1, 0.15) is 44.6 Å². The number of carbonyl (C=O) groups is 1. The molecule has 154 valence electrons. The molecule has 1 fully saturated rings. The Balaban J connectivity index is 1.80. The fourth-order valence-corrected chi connectivity index (χ4v) is 4.99. The normalized spacial score (nSPS) is 21.9. The lowest BCUT2D eigenvalue weighted by atomic mass is 9.84. The number of carbonyl (C=O) groups excluding carboxylic acids is 1. The minimum atomic E-state index is -3.26. The molecule has 0 bridgehead atoms. The number of benzene rings is 1. The molecule has 0 aliphatic carbocycles. The highest BCUT2D eigenvalue weighted by Crippen LogP contribution is 2.30. The van der Waals surface area contributed by atoms with Gasteiger partial charge in [0, 0.05) is 13.2 Å². The van der Waals surface area contributed by atoms with Crippen molar-refractivity contribution in [3.05, 3.63) is 29.8 Å². The molecule has 0 aromatic heterocycles. The maximum absolute atomic E-state index is 13.0. The number of nitrogens with zero attached hydrogens (tertiary/aromatic N) is 1. The molecular formula is C19H27N3O4S2. The van der Waals surface area contributed by atoms with Crippen molar-refractivity contribution in [3.63, 3.8) is 0 Å². The van der Waals surface area contributed by atoms with Gasteiger partial charge in [0.15, 0.2) is 15.0 Å². The Labute approximate surface area is 170 Å². The first-order valence-electron chi connectivity index (χ1n) is 9.60. The van der Waals surface area contributed by atoms with Crippen molar-refractivity contribution in [3.8, 4) is 0 Å². The third-order valence-corrected chi connectivity index (χ3v) is 7.73. The van der Waals surface area contributed by atoms with Crippen molar-refractivity contribution in [2.24, 2.45) is 10.9 Å². The Bertz CT molecular complexity index is 818. The summed E-state index contributed by atoms with van der Waals surface area (Å²) in [6, 6.07) is 6.72. The lowest BCUT2D eigenvalue weighted by Gasteiger charge is -2.26. The van der Waals surface area contributed by atoms with Crippen LogP contribution in [0, 0.1) is 5.92 Å². The Morgan fingerprint density at radius 3 is 2.57 bits per heavy atom. The number of amidine groups is 1. The van der Waals surface area contributed by atoms with Gasteiger partial charge in [-0.2, -0.15) is 0 Å². The summed E-state index contributed by atoms with van der Waals surface area (Å²) >= 11 is 1.32. The summed E-state index contributed by atoms with van der Waals surface area (Å²) in [4.78, 5) is 17.7. The summed E-state index contributed by atoms with van der Waals surface area (Å²) in [5.74, 6) is -0.0141. The number of nitrogens with one attached hydrogen (secondary N) is 2. The Morgan fingerprint density at radius 1 is 1.32 bits per heavy atom. The highest BCUT2D eigenvalue weighted by Gasteiger charge is 2.28. The largest absolute Gasteiger partial charge is 0.381 e. The zero-order valence-electron chi connectivity index (χ0n) is 16.2. The first kappa shape index (κ1) is 21.3. The first-order chi connectivity index (χ1) is 13.4. The topological polar surface area (TPSA) is 96.9 Å². The zero-order valence-corrected chi connectivity index (χ0v) is 17.8. The van der Waals surface area contributed by atoms with Gasteiger partial charge in [0.05, 0.1) is 16.6 Å². The molecule has 2 aliphatic heterocycles. The number of hydrogen-bond donors (Lipinski definition) is 2. The Morgan fingerprint density at radius 2 is 2.00 bits per heavy atom. The van der Waals surface area contributed by atoms with Crippen molar-refractivity contribution in [1.82, 2.24) is 10.0 Å². The summed E-state index contributed by atoms with van der Waals surface area (Å²) in [7, 11) is -3.26. The quantitative estimate of drug-likeness (QED) is 0.680. The van der Waals surface area contributed by atoms with E-state index in [4.69, 9.17) is 4.74 Å². The minimum Gasteiger partial charge on any atom is -0.381 e. The third kappa shape index (κ3) is 5.34. The molecule has 2 N–H and O–H groups in total. The fourth-order valence-electron chi connectivity index (χ4n) is 3.40. The second-order valence-electron chi connectivity index (χ2n) is 7.14. The van der Waals surface area contributed by atoms with E-state index in [1.165, 1.54) is 11.9 Å². The van der Waals surface area contributed by atoms with Crippen molar-refractivity contribution in [1.29, 1.82) is 0 Å². The van der Waals surface area contributed by atoms with Crippen molar-refractivity contribution >= 4 is 32.9 Å². The van der Waals surface area contributed by atoms with E-state index in [-0.39, 0.29) is 28.6 Å². The lowest BCUT2D eigenvalue weighted by Crippen LogP contribution is -2.34. The van der Waals surface area contributed by atoms with Crippen LogP contribution in [-0.2, 0) is 19.4 Å². The van der Waals surface area contributed by atoms with Crippen molar-refractivity contribution < 1.29 is 17.9 Å². The Hall–Kier alpha value is -1.42. The molecule has 2 unspecified atom stereocenters. The van der Waals surface area contributed by atoms with E-state index in [9.17, 15) is 13.2 Å². The van der Waals surface area contributed by atoms with Crippen LogP contribution in [0.3, 0.4) is 0 Å². The standard InChI is InChI=1S/C19H27N3O4S2/c1-3-28(24,25)16-6-4-15(5-7-16)17(12-14-8-10-26-11-9-14)18(23)21-19-20-13(2)22-27-19/h4-7,13-14,17,22H,3,8-12H2,1-2H3,(H,20,21,23). The molecule has 1 aromatic rings. The number of hydrogen-bond acceptors (Lipinski definition) is 7. The summed E-state index contributed by atoms with van der Waals surface area (Å²) < 4.78 is 32.7. The van der Waals surface area contributed by atoms with Gasteiger partial charge >= 0.3 is 0 Å². The van der Waals surface area contributed by atoms with E-state index in [1.54, 1.807) is 31.2 Å². The highest BCUT2D eigenvalue weighted by molar-refractivity contribution is 8.12. The number of rotatable bonds is 6. The molecule has 9 heteroatoms. The first-order valence-corrected chi connectivity index (χ1v) is 12.1. The van der Waals surface area contributed by atoms with Gasteiger partial charge in [-0.1, -0.05) is 19.1 Å². The Kier molecular flexibility index (Phi) is 7.14. The smallest absolute Gasteiger partial charge is 0.233 e. The monoisotopic (exact) mass is 425 g/mol. The van der Waals surface area contributed by atoms with Gasteiger partial charge in [-0.3, -0.25) is 4.79 Å². The number of aliphatic imine (C=N–C) groups is 1. The second-order valence-corrected chi connectivity index (χ2v) is 10.2. The second kappa shape index (κ2) is 9.39. The predicted octanol–water partition coefficient (Wildman–Crippen LogP) is 2.45. The molecular weight excluding hydrogens is 398 g/mol. The van der Waals surface area contributed by atoms with Crippen LogP contribution in [0.4, 0.5) is 0 Å². The third-order valence-electron chi connectivity index (χ3n) is 5.12. The van der Waals surface area contributed by atoms with Crippen LogP contribution in [0.2, 0.25) is 0 Å². The molecule has 28 heavy (non-hydrogen) atoms. The molecule has 0 radical (unpaired) electrons. The molecule has 2 atom stereocenters. The average molecular weight is 426 g/mol. The van der Waals surface area contributed by atoms with E-state index < -0.39 is 9.84 Å². The van der Waals surface area contributed by atoms with Gasteiger partial charge in [0.1, 0.15) is 6.17 Å². The summed E-state index contributed by atoms with van der Waals surface area (Å²) in [6.45, 7) is 4.98. The molecule has 1 amide bonds. The molecule has 1 aromatic carbocycles. The average Bonchev–Trinajstić information content (AvgIpc) is 3.11. The van der Waals surface area contributed by atoms with Gasteiger partial charge in [0.25, 0.3) is 0 Å². The van der Waals surface area contributed by atoms with Crippen molar-refractivity contribution in [2.75, 3.05) is 19.0 Å². The number of ether oxygens (including phenoxy) is 1. The number of sulfone groups is 1. The van der Waals surface area contributed by atoms with E-state index in [0.717, 1.165) is 31.6 Å². The minimum absolute atomic E-state index is 0.0345.